The van der Waals surface area contributed by atoms with Gasteiger partial charge in [0, 0.05) is 5.69 Å². The number of carbonyl (C=O) groups is 1. The van der Waals surface area contributed by atoms with Crippen LogP contribution in [0.4, 0.5) is 5.69 Å². The van der Waals surface area contributed by atoms with Crippen LogP contribution in [0.25, 0.3) is 0 Å². The van der Waals surface area contributed by atoms with Crippen LogP contribution in [0.2, 0.25) is 0 Å². The van der Waals surface area contributed by atoms with Crippen molar-refractivity contribution in [1.29, 1.82) is 0 Å². The topological polar surface area (TPSA) is 78.3 Å². The molecule has 86 valence electrons. The smallest absolute Gasteiger partial charge is 0.252 e. The van der Waals surface area contributed by atoms with Crippen LogP contribution in [0.1, 0.15) is 10.4 Å². The van der Waals surface area contributed by atoms with E-state index in [1.54, 1.807) is 48.5 Å². The number of anilines is 1. The quantitative estimate of drug-likeness (QED) is 0.790. The molecule has 0 fully saturated rings. The van der Waals surface area contributed by atoms with Crippen molar-refractivity contribution in [3.63, 3.8) is 0 Å². The molecule has 0 spiro atoms. The lowest BCUT2D eigenvalue weighted by atomic mass is 10.2. The van der Waals surface area contributed by atoms with Crippen LogP contribution in [0, 0.1) is 0 Å². The third kappa shape index (κ3) is 2.55. The molecule has 0 bridgehead atoms. The summed E-state index contributed by atoms with van der Waals surface area (Å²) in [4.78, 5) is 11.2. The molecule has 2 aromatic carbocycles. The first-order valence-corrected chi connectivity index (χ1v) is 5.09. The maximum atomic E-state index is 11.2. The molecule has 4 N–H and O–H groups in total. The summed E-state index contributed by atoms with van der Waals surface area (Å²) in [5.74, 6) is 0.522. The molecule has 2 aromatic rings. The van der Waals surface area contributed by atoms with E-state index in [2.05, 4.69) is 0 Å². The van der Waals surface area contributed by atoms with Crippen molar-refractivity contribution in [2.75, 3.05) is 5.73 Å². The summed E-state index contributed by atoms with van der Waals surface area (Å²) in [6.07, 6.45) is 0. The summed E-state index contributed by atoms with van der Waals surface area (Å²) in [5.41, 5.74) is 11.8. The molecule has 0 heterocycles. The Bertz CT molecular complexity index is 535. The van der Waals surface area contributed by atoms with Crippen LogP contribution in [-0.4, -0.2) is 5.91 Å². The third-order valence-electron chi connectivity index (χ3n) is 2.26. The highest BCUT2D eigenvalue weighted by molar-refractivity contribution is 5.95. The number of benzene rings is 2. The van der Waals surface area contributed by atoms with E-state index in [4.69, 9.17) is 16.2 Å². The second-order valence-electron chi connectivity index (χ2n) is 3.53. The zero-order chi connectivity index (χ0) is 12.3. The highest BCUT2D eigenvalue weighted by Gasteiger charge is 2.08. The lowest BCUT2D eigenvalue weighted by Gasteiger charge is -2.08. The number of ether oxygens (including phenoxy) is 1. The largest absolute Gasteiger partial charge is 0.457 e. The lowest BCUT2D eigenvalue weighted by Crippen LogP contribution is -2.11. The number of hydrogen-bond donors (Lipinski definition) is 2. The number of primary amides is 1. The zero-order valence-electron chi connectivity index (χ0n) is 9.09. The molecule has 0 aromatic heterocycles. The summed E-state index contributed by atoms with van der Waals surface area (Å²) in [6, 6.07) is 13.7. The van der Waals surface area contributed by atoms with E-state index < -0.39 is 5.91 Å². The van der Waals surface area contributed by atoms with Gasteiger partial charge in [-0.1, -0.05) is 12.1 Å². The molecule has 1 amide bonds. The van der Waals surface area contributed by atoms with E-state index in [0.29, 0.717) is 22.7 Å². The number of amides is 1. The van der Waals surface area contributed by atoms with Crippen molar-refractivity contribution in [3.8, 4) is 11.5 Å². The fourth-order valence-corrected chi connectivity index (χ4v) is 1.42. The molecule has 4 heteroatoms. The normalized spacial score (nSPS) is 9.88. The molecule has 0 aliphatic heterocycles. The average molecular weight is 228 g/mol. The van der Waals surface area contributed by atoms with E-state index in [-0.39, 0.29) is 0 Å². The summed E-state index contributed by atoms with van der Waals surface area (Å²) in [6.45, 7) is 0. The summed E-state index contributed by atoms with van der Waals surface area (Å²) in [7, 11) is 0. The third-order valence-corrected chi connectivity index (χ3v) is 2.26. The molecule has 0 radical (unpaired) electrons. The molecule has 0 aliphatic carbocycles. The Morgan fingerprint density at radius 1 is 1.00 bits per heavy atom. The van der Waals surface area contributed by atoms with Gasteiger partial charge >= 0.3 is 0 Å². The number of rotatable bonds is 3. The van der Waals surface area contributed by atoms with E-state index in [1.807, 2.05) is 0 Å². The highest BCUT2D eigenvalue weighted by Crippen LogP contribution is 2.25. The molecule has 0 aliphatic rings. The molecule has 0 atom stereocenters. The second-order valence-corrected chi connectivity index (χ2v) is 3.53. The van der Waals surface area contributed by atoms with Crippen LogP contribution in [-0.2, 0) is 0 Å². The molecular formula is C13H12N2O2. The highest BCUT2D eigenvalue weighted by atomic mass is 16.5. The first-order chi connectivity index (χ1) is 8.16. The maximum absolute atomic E-state index is 11.2. The fraction of sp³-hybridized carbons (Fsp3) is 0. The minimum Gasteiger partial charge on any atom is -0.457 e. The summed E-state index contributed by atoms with van der Waals surface area (Å²) >= 11 is 0. The van der Waals surface area contributed by atoms with Gasteiger partial charge in [0.05, 0.1) is 5.56 Å². The van der Waals surface area contributed by atoms with Gasteiger partial charge in [0.25, 0.3) is 5.91 Å². The van der Waals surface area contributed by atoms with Gasteiger partial charge in [0.2, 0.25) is 0 Å². The van der Waals surface area contributed by atoms with E-state index in [0.717, 1.165) is 0 Å². The predicted molar refractivity (Wildman–Crippen MR) is 65.9 cm³/mol. The Labute approximate surface area is 98.8 Å². The number of nitrogen functional groups attached to an aromatic ring is 1. The number of carbonyl (C=O) groups excluding carboxylic acids is 1. The Hall–Kier alpha value is -2.49. The molecule has 0 saturated heterocycles. The van der Waals surface area contributed by atoms with Gasteiger partial charge in [-0.25, -0.2) is 0 Å². The molecule has 0 unspecified atom stereocenters. The minimum atomic E-state index is -0.518. The van der Waals surface area contributed by atoms with Crippen LogP contribution in [0.5, 0.6) is 11.5 Å². The van der Waals surface area contributed by atoms with Gasteiger partial charge in [-0.05, 0) is 36.4 Å². The molecular weight excluding hydrogens is 216 g/mol. The first-order valence-electron chi connectivity index (χ1n) is 5.09. The van der Waals surface area contributed by atoms with Crippen molar-refractivity contribution in [1.82, 2.24) is 0 Å². The van der Waals surface area contributed by atoms with E-state index in [9.17, 15) is 4.79 Å². The van der Waals surface area contributed by atoms with Crippen molar-refractivity contribution in [2.24, 2.45) is 5.73 Å². The Balaban J connectivity index is 2.30. The molecule has 17 heavy (non-hydrogen) atoms. The Kier molecular flexibility index (Phi) is 2.96. The molecule has 2 rings (SSSR count). The van der Waals surface area contributed by atoms with Crippen molar-refractivity contribution < 1.29 is 9.53 Å². The predicted octanol–water partition coefficient (Wildman–Crippen LogP) is 2.16. The van der Waals surface area contributed by atoms with Crippen molar-refractivity contribution in [2.45, 2.75) is 0 Å². The van der Waals surface area contributed by atoms with Gasteiger partial charge in [-0.3, -0.25) is 4.79 Å². The Morgan fingerprint density at radius 3 is 2.29 bits per heavy atom. The molecule has 0 saturated carbocycles. The standard InChI is InChI=1S/C13H12N2O2/c14-9-5-7-10(8-6-9)17-12-4-2-1-3-11(12)13(15)16/h1-8H,14H2,(H2,15,16). The van der Waals surface area contributed by atoms with Crippen molar-refractivity contribution >= 4 is 11.6 Å². The van der Waals surface area contributed by atoms with E-state index >= 15 is 0 Å². The second kappa shape index (κ2) is 4.57. The lowest BCUT2D eigenvalue weighted by molar-refractivity contribution is 0.0998. The van der Waals surface area contributed by atoms with Gasteiger partial charge in [0.1, 0.15) is 11.5 Å². The summed E-state index contributed by atoms with van der Waals surface area (Å²) in [5, 5.41) is 0. The number of hydrogen-bond acceptors (Lipinski definition) is 3. The fourth-order valence-electron chi connectivity index (χ4n) is 1.42. The summed E-state index contributed by atoms with van der Waals surface area (Å²) < 4.78 is 5.57. The van der Waals surface area contributed by atoms with Crippen LogP contribution in [0.15, 0.2) is 48.5 Å². The van der Waals surface area contributed by atoms with Crippen LogP contribution < -0.4 is 16.2 Å². The monoisotopic (exact) mass is 228 g/mol. The van der Waals surface area contributed by atoms with Gasteiger partial charge < -0.3 is 16.2 Å². The van der Waals surface area contributed by atoms with Gasteiger partial charge in [-0.2, -0.15) is 0 Å². The average Bonchev–Trinajstić information content (AvgIpc) is 2.32. The Morgan fingerprint density at radius 2 is 1.65 bits per heavy atom. The first kappa shape index (κ1) is 11.0. The maximum Gasteiger partial charge on any atom is 0.252 e. The van der Waals surface area contributed by atoms with Crippen LogP contribution >= 0.6 is 0 Å². The van der Waals surface area contributed by atoms with Crippen LogP contribution in [0.3, 0.4) is 0 Å². The van der Waals surface area contributed by atoms with Gasteiger partial charge in [-0.15, -0.1) is 0 Å². The molecule has 4 nitrogen and oxygen atoms in total. The number of nitrogens with two attached hydrogens (primary N) is 2. The minimum absolute atomic E-state index is 0.351. The SMILES string of the molecule is NC(=O)c1ccccc1Oc1ccc(N)cc1. The van der Waals surface area contributed by atoms with Crippen molar-refractivity contribution in [3.05, 3.63) is 54.1 Å². The number of para-hydroxylation sites is 1. The zero-order valence-corrected chi connectivity index (χ0v) is 9.09. The van der Waals surface area contributed by atoms with E-state index in [1.165, 1.54) is 0 Å². The van der Waals surface area contributed by atoms with Gasteiger partial charge in [0.15, 0.2) is 0 Å².